The Bertz CT molecular complexity index is 764. The van der Waals surface area contributed by atoms with Crippen LogP contribution in [0, 0.1) is 17.6 Å². The summed E-state index contributed by atoms with van der Waals surface area (Å²) in [4.78, 5) is 0. The molecule has 0 aliphatic heterocycles. The van der Waals surface area contributed by atoms with E-state index >= 15 is 0 Å². The van der Waals surface area contributed by atoms with Gasteiger partial charge in [0.05, 0.1) is 0 Å². The summed E-state index contributed by atoms with van der Waals surface area (Å²) in [7, 11) is 0. The van der Waals surface area contributed by atoms with Crippen LogP contribution in [0.2, 0.25) is 0 Å². The fraction of sp³-hybridized carbons (Fsp3) is 0.440. The van der Waals surface area contributed by atoms with Crippen LogP contribution in [0.3, 0.4) is 0 Å². The lowest BCUT2D eigenvalue weighted by Crippen LogP contribution is -2.13. The van der Waals surface area contributed by atoms with Gasteiger partial charge in [0.25, 0.3) is 0 Å². The maximum atomic E-state index is 14.3. The van der Waals surface area contributed by atoms with Crippen LogP contribution in [0.25, 0.3) is 11.1 Å². The fourth-order valence-electron chi connectivity index (χ4n) is 4.23. The van der Waals surface area contributed by atoms with Gasteiger partial charge in [-0.1, -0.05) is 56.2 Å². The van der Waals surface area contributed by atoms with Gasteiger partial charge in [-0.25, -0.2) is 8.78 Å². The molecule has 0 heterocycles. The Morgan fingerprint density at radius 2 is 1.61 bits per heavy atom. The van der Waals surface area contributed by atoms with Gasteiger partial charge in [0, 0.05) is 0 Å². The molecule has 1 nitrogen and oxygen atoms in total. The van der Waals surface area contributed by atoms with E-state index in [1.54, 1.807) is 12.2 Å². The first-order valence-electron chi connectivity index (χ1n) is 10.5. The average Bonchev–Trinajstić information content (AvgIpc) is 2.71. The normalized spacial score (nSPS) is 19.9. The van der Waals surface area contributed by atoms with Gasteiger partial charge in [-0.2, -0.15) is 0 Å². The van der Waals surface area contributed by atoms with Crippen LogP contribution in [0.5, 0.6) is 5.75 Å². The molecule has 1 aliphatic rings. The molecule has 1 saturated carbocycles. The van der Waals surface area contributed by atoms with E-state index in [1.165, 1.54) is 56.2 Å². The Morgan fingerprint density at radius 3 is 2.18 bits per heavy atom. The van der Waals surface area contributed by atoms with E-state index in [1.807, 2.05) is 19.1 Å². The maximum absolute atomic E-state index is 14.3. The Labute approximate surface area is 167 Å². The molecule has 0 N–H and O–H groups in total. The molecule has 3 rings (SSSR count). The molecule has 150 valence electrons. The van der Waals surface area contributed by atoms with E-state index in [-0.39, 0.29) is 12.4 Å². The minimum Gasteiger partial charge on any atom is -0.483 e. The highest BCUT2D eigenvalue weighted by Gasteiger charge is 2.22. The molecular weight excluding hydrogens is 354 g/mol. The second kappa shape index (κ2) is 9.86. The lowest BCUT2D eigenvalue weighted by atomic mass is 9.77. The summed E-state index contributed by atoms with van der Waals surface area (Å²) in [5, 5.41) is 0. The summed E-state index contributed by atoms with van der Waals surface area (Å²) in [6.07, 6.45) is 11.2. The molecule has 3 heteroatoms. The van der Waals surface area contributed by atoms with Crippen LogP contribution >= 0.6 is 0 Å². The van der Waals surface area contributed by atoms with Crippen LogP contribution in [-0.4, -0.2) is 6.61 Å². The van der Waals surface area contributed by atoms with E-state index < -0.39 is 11.6 Å². The number of halogens is 2. The van der Waals surface area contributed by atoms with Crippen molar-refractivity contribution < 1.29 is 13.5 Å². The van der Waals surface area contributed by atoms with Crippen molar-refractivity contribution in [3.63, 3.8) is 0 Å². The molecule has 0 amide bonds. The first kappa shape index (κ1) is 20.6. The van der Waals surface area contributed by atoms with Crippen LogP contribution in [0.1, 0.15) is 63.9 Å². The molecule has 0 bridgehead atoms. The summed E-state index contributed by atoms with van der Waals surface area (Å²) >= 11 is 0. The largest absolute Gasteiger partial charge is 0.483 e. The number of hydrogen-bond donors (Lipinski definition) is 0. The van der Waals surface area contributed by atoms with Crippen molar-refractivity contribution in [1.82, 2.24) is 0 Å². The van der Waals surface area contributed by atoms with E-state index in [2.05, 4.69) is 19.1 Å². The van der Waals surface area contributed by atoms with Gasteiger partial charge in [0.15, 0.2) is 17.4 Å². The Kier molecular flexibility index (Phi) is 7.24. The summed E-state index contributed by atoms with van der Waals surface area (Å²) in [5.41, 5.74) is 2.69. The van der Waals surface area contributed by atoms with Crippen molar-refractivity contribution in [3.8, 4) is 16.9 Å². The lowest BCUT2D eigenvalue weighted by molar-refractivity contribution is 0.308. The quantitative estimate of drug-likeness (QED) is 0.445. The Balaban J connectivity index is 1.70. The fourth-order valence-corrected chi connectivity index (χ4v) is 4.23. The molecule has 2 aromatic rings. The van der Waals surface area contributed by atoms with Crippen molar-refractivity contribution in [2.75, 3.05) is 6.61 Å². The summed E-state index contributed by atoms with van der Waals surface area (Å²) in [6, 6.07) is 10.9. The van der Waals surface area contributed by atoms with Crippen LogP contribution in [-0.2, 0) is 0 Å². The summed E-state index contributed by atoms with van der Waals surface area (Å²) in [5.74, 6) is -0.156. The first-order valence-corrected chi connectivity index (χ1v) is 10.5. The number of benzene rings is 2. The Morgan fingerprint density at radius 1 is 0.964 bits per heavy atom. The van der Waals surface area contributed by atoms with Crippen molar-refractivity contribution in [1.29, 1.82) is 0 Å². The molecule has 0 saturated heterocycles. The molecule has 0 aromatic heterocycles. The van der Waals surface area contributed by atoms with Crippen LogP contribution in [0.4, 0.5) is 8.78 Å². The molecule has 0 atom stereocenters. The monoisotopic (exact) mass is 384 g/mol. The standard InChI is InChI=1S/C25H30F2O/c1-3-5-15-28-25-23(26)16-22(17-24(25)27)21-13-11-20(12-14-21)19-9-7-18(6-4-2)8-10-19/h3,5,11-14,16-19H,4,6-10,15H2,1-2H3/t18-,19-. The minimum absolute atomic E-state index is 0.152. The zero-order chi connectivity index (χ0) is 19.9. The zero-order valence-corrected chi connectivity index (χ0v) is 16.9. The Hall–Kier alpha value is -2.16. The van der Waals surface area contributed by atoms with Gasteiger partial charge in [-0.3, -0.25) is 0 Å². The van der Waals surface area contributed by atoms with E-state index in [9.17, 15) is 8.78 Å². The minimum atomic E-state index is -0.669. The van der Waals surface area contributed by atoms with Crippen molar-refractivity contribution in [2.45, 2.75) is 58.3 Å². The highest BCUT2D eigenvalue weighted by molar-refractivity contribution is 5.65. The maximum Gasteiger partial charge on any atom is 0.191 e. The van der Waals surface area contributed by atoms with Crippen LogP contribution in [0.15, 0.2) is 48.6 Å². The number of rotatable bonds is 7. The second-order valence-corrected chi connectivity index (χ2v) is 7.78. The zero-order valence-electron chi connectivity index (χ0n) is 16.9. The van der Waals surface area contributed by atoms with E-state index in [4.69, 9.17) is 4.74 Å². The van der Waals surface area contributed by atoms with Crippen molar-refractivity contribution >= 4 is 0 Å². The van der Waals surface area contributed by atoms with E-state index in [0.717, 1.165) is 11.5 Å². The number of ether oxygens (including phenoxy) is 1. The SMILES string of the molecule is CC=CCOc1c(F)cc(-c2ccc([C@H]3CC[C@H](CCC)CC3)cc2)cc1F. The summed E-state index contributed by atoms with van der Waals surface area (Å²) in [6.45, 7) is 4.25. The molecular formula is C25H30F2O. The molecule has 1 fully saturated rings. The van der Waals surface area contributed by atoms with E-state index in [0.29, 0.717) is 11.5 Å². The first-order chi connectivity index (χ1) is 13.6. The smallest absolute Gasteiger partial charge is 0.191 e. The third-order valence-corrected chi connectivity index (χ3v) is 5.82. The molecule has 2 aromatic carbocycles. The topological polar surface area (TPSA) is 9.23 Å². The molecule has 28 heavy (non-hydrogen) atoms. The lowest BCUT2D eigenvalue weighted by Gasteiger charge is -2.28. The van der Waals surface area contributed by atoms with Gasteiger partial charge in [0.2, 0.25) is 0 Å². The molecule has 0 radical (unpaired) electrons. The average molecular weight is 385 g/mol. The van der Waals surface area contributed by atoms with Crippen molar-refractivity contribution in [3.05, 3.63) is 65.7 Å². The predicted octanol–water partition coefficient (Wildman–Crippen LogP) is 7.66. The number of allylic oxidation sites excluding steroid dienone is 1. The molecule has 0 unspecified atom stereocenters. The third kappa shape index (κ3) is 5.01. The highest BCUT2D eigenvalue weighted by atomic mass is 19.1. The van der Waals surface area contributed by atoms with Crippen LogP contribution < -0.4 is 4.74 Å². The van der Waals surface area contributed by atoms with Gasteiger partial charge >= 0.3 is 0 Å². The molecule has 1 aliphatic carbocycles. The van der Waals surface area contributed by atoms with Gasteiger partial charge < -0.3 is 4.74 Å². The second-order valence-electron chi connectivity index (χ2n) is 7.78. The molecule has 0 spiro atoms. The van der Waals surface area contributed by atoms with Gasteiger partial charge in [0.1, 0.15) is 6.61 Å². The van der Waals surface area contributed by atoms with Gasteiger partial charge in [-0.05, 0) is 73.3 Å². The summed E-state index contributed by atoms with van der Waals surface area (Å²) < 4.78 is 33.8. The number of hydrogen-bond acceptors (Lipinski definition) is 1. The van der Waals surface area contributed by atoms with Crippen molar-refractivity contribution in [2.24, 2.45) is 5.92 Å². The highest BCUT2D eigenvalue weighted by Crippen LogP contribution is 2.38. The third-order valence-electron chi connectivity index (χ3n) is 5.82. The predicted molar refractivity (Wildman–Crippen MR) is 112 cm³/mol. The van der Waals surface area contributed by atoms with Gasteiger partial charge in [-0.15, -0.1) is 0 Å².